The number of thioether (sulfide) groups is 3. The molecule has 0 fully saturated rings. The van der Waals surface area contributed by atoms with Crippen molar-refractivity contribution in [1.29, 1.82) is 0 Å². The van der Waals surface area contributed by atoms with Crippen LogP contribution in [-0.2, 0) is 121 Å². The van der Waals surface area contributed by atoms with E-state index in [0.717, 1.165) is 136 Å². The number of likely N-dealkylation sites (N-methyl/N-ethyl adjacent to an activating group) is 3. The van der Waals surface area contributed by atoms with Gasteiger partial charge >= 0.3 is 18.5 Å². The summed E-state index contributed by atoms with van der Waals surface area (Å²) in [7, 11) is 0. The number of fused-ring (bicyclic) bond motifs is 3. The van der Waals surface area contributed by atoms with E-state index in [4.69, 9.17) is 41.1 Å². The molecule has 0 spiro atoms. The monoisotopic (exact) mass is 2090 g/mol. The standard InChI is InChI=1S/3C37H40F4N4O2S/c1-4-43(5-2)18-19-44(22-26-6-10-28(11-7-26)29-12-14-30(15-13-29)37(39,40)41)34(46)23-45-33-21-25(3)20-32(33)35(47)42-36(45)48-24-27-8-16-31(38)17-9-27;1-4-43(5-2)21-22-44(25(3)27-11-13-28(14-12-27)29-15-17-30(18-16-29)37(39,40)41)34(46)23-45-33-8-6-7-32(33)35(47)42-36(45)48-24-26-9-19-31(38)20-10-26;1-4-43(5-2)19-20-44(22-26-9-13-28(14-10-26)29-15-18-32(25(3)21-29)37(39,40)41)34(46)23-45-33-8-6-7-31(33)35(47)42-36(45)48-24-27-11-16-30(38)17-12-27/h6-17,25H,4-5,18-24H2,1-3H3;9-20,25H,4-8,21-24H2,1-3H3;9-18,21H,4-8,19-20,22-24H2,1-3H3/i4D2,5D2,18D2,19D2,20D2,21D2,22D2,23D2,25D;4D2,5D2,21D2,22D2,23D2,25D;4D2,5D2,9D,10D,13D,14D,15D,18D,19D2,20D2,21D,22D2,23D2. The molecule has 0 radical (unpaired) electrons. The first-order valence-electron chi connectivity index (χ1n) is 66.8. The number of hydrogen-bond donors (Lipinski definition) is 0. The molecule has 3 aromatic heterocycles. The second kappa shape index (κ2) is 50.3. The largest absolute Gasteiger partial charge is 0.416 e. The molecular formula is C111H120F12N12O6S3. The highest BCUT2D eigenvalue weighted by molar-refractivity contribution is 7.98. The van der Waals surface area contributed by atoms with Crippen LogP contribution >= 0.6 is 35.3 Å². The van der Waals surface area contributed by atoms with Gasteiger partial charge in [-0.2, -0.15) is 54.5 Å². The molecule has 0 bridgehead atoms. The maximum atomic E-state index is 15.3. The molecule has 33 heteroatoms. The van der Waals surface area contributed by atoms with Gasteiger partial charge in [0, 0.05) is 135 Å². The lowest BCUT2D eigenvalue weighted by atomic mass is 9.98. The number of nitrogens with zero attached hydrogens (tertiary/aromatic N) is 12. The fourth-order valence-electron chi connectivity index (χ4n) is 14.1. The maximum absolute atomic E-state index is 15.3. The highest BCUT2D eigenvalue weighted by Gasteiger charge is 2.36. The molecule has 0 N–H and O–H groups in total. The zero-order valence-electron chi connectivity index (χ0n) is 125. The van der Waals surface area contributed by atoms with Crippen molar-refractivity contribution in [2.75, 3.05) is 78.0 Å². The summed E-state index contributed by atoms with van der Waals surface area (Å²) in [5.74, 6) is -12.1. The van der Waals surface area contributed by atoms with E-state index in [1.54, 1.807) is 0 Å². The third kappa shape index (κ3) is 29.1. The van der Waals surface area contributed by atoms with Crippen molar-refractivity contribution < 1.29 is 131 Å². The first kappa shape index (κ1) is 62.2. The molecular weight excluding hydrogens is 1920 g/mol. The van der Waals surface area contributed by atoms with Crippen molar-refractivity contribution in [3.8, 4) is 33.4 Å². The smallest absolute Gasteiger partial charge is 0.336 e. The predicted molar refractivity (Wildman–Crippen MR) is 544 cm³/mol. The van der Waals surface area contributed by atoms with Crippen molar-refractivity contribution in [2.45, 2.75) is 203 Å². The van der Waals surface area contributed by atoms with Crippen LogP contribution in [0.5, 0.6) is 0 Å². The van der Waals surface area contributed by atoms with Crippen molar-refractivity contribution >= 4 is 53.0 Å². The molecule has 2 unspecified atom stereocenters. The number of halogens is 12. The molecule has 3 aliphatic rings. The topological polar surface area (TPSA) is 175 Å². The lowest BCUT2D eigenvalue weighted by Gasteiger charge is -2.33. The van der Waals surface area contributed by atoms with Crippen LogP contribution in [0.4, 0.5) is 52.7 Å². The Morgan fingerprint density at radius 3 is 1.16 bits per heavy atom. The Hall–Kier alpha value is -11.9. The second-order valence-electron chi connectivity index (χ2n) is 30.9. The van der Waals surface area contributed by atoms with Crippen LogP contribution in [0.25, 0.3) is 33.4 Å². The minimum Gasteiger partial charge on any atom is -0.336 e. The highest BCUT2D eigenvalue weighted by Crippen LogP contribution is 2.39. The third-order valence-corrected chi connectivity index (χ3v) is 24.4. The molecule has 0 saturated carbocycles. The first-order chi connectivity index (χ1) is 86.4. The average molecular weight is 2090 g/mol. The molecule has 15 rings (SSSR count). The summed E-state index contributed by atoms with van der Waals surface area (Å²) in [5, 5.41) is -1.85. The van der Waals surface area contributed by atoms with Gasteiger partial charge in [-0.05, 0) is 249 Å². The molecule has 18 nitrogen and oxygen atoms in total. The number of carbonyl (C=O) groups excluding carboxylic acids is 3. The summed E-state index contributed by atoms with van der Waals surface area (Å²) in [6.45, 7) is -57.3. The lowest BCUT2D eigenvalue weighted by molar-refractivity contribution is -0.138. The Morgan fingerprint density at radius 1 is 0.424 bits per heavy atom. The van der Waals surface area contributed by atoms with Gasteiger partial charge in [-0.15, -0.1) is 0 Å². The van der Waals surface area contributed by atoms with E-state index >= 15 is 14.4 Å². The molecule has 0 saturated heterocycles. The normalized spacial score (nSPS) is 21.5. The van der Waals surface area contributed by atoms with Crippen molar-refractivity contribution in [2.24, 2.45) is 5.89 Å². The number of carbonyl (C=O) groups is 3. The van der Waals surface area contributed by atoms with Gasteiger partial charge in [0.15, 0.2) is 15.5 Å². The summed E-state index contributed by atoms with van der Waals surface area (Å²) in [6, 6.07) is 18.7. The summed E-state index contributed by atoms with van der Waals surface area (Å²) in [6.07, 6.45) is -20.7. The van der Waals surface area contributed by atoms with Crippen LogP contribution < -0.4 is 16.7 Å². The van der Waals surface area contributed by atoms with E-state index in [-0.39, 0.29) is 123 Å². The van der Waals surface area contributed by atoms with E-state index < -0.39 is 324 Å². The number of amides is 3. The SMILES string of the molecule is [2H]C([2H])(C)N(C([2H])([2H])C)C([2H])([2H])C([2H])([2H])N(C(=O)C([2H])([2H])n1c(SCc2ccc(F)cc2)nc(=O)c2c1C([2H])([2H])C([2H])(C)C2([2H])[2H])C([2H])([2H])c1ccc(-c2ccc(C(F)(F)F)cc2)cc1.[2H]C([2H])(C)N(C([2H])([2H])C)C([2H])([2H])C([2H])([2H])N(C(=O)C([2H])([2H])n1c(SCc2ccc(F)cc2)nc(=O)c2c1CCC2)C([2H])(C)c1ccc(-c2ccc(C(F)(F)F)cc2)cc1.[2H]c1c([2H])c(C([2H])([2H])N(C(=O)C([2H])([2H])n2c(SCc3ccc(F)cc3)nc(=O)c3c2CCC3)C([2H])([2H])C([2H])([2H])N(C([2H])([2H])C)C([2H])([2H])C)c([2H])c([2H])c1-c1c([2H])c([2H])c(C(F)(F)F)c(C)c1[2H]. The van der Waals surface area contributed by atoms with Gasteiger partial charge in [-0.3, -0.25) is 28.8 Å². The van der Waals surface area contributed by atoms with Crippen LogP contribution in [0.15, 0.2) is 242 Å². The minimum absolute atomic E-state index is 0.00354. The Kier molecular flexibility index (Phi) is 21.7. The molecule has 144 heavy (non-hydrogen) atoms. The average Bonchev–Trinajstić information content (AvgIpc) is 1.51. The number of aromatic nitrogens is 6. The van der Waals surface area contributed by atoms with Crippen LogP contribution in [0.3, 0.4) is 0 Å². The van der Waals surface area contributed by atoms with Gasteiger partial charge in [0.05, 0.1) is 55.6 Å². The predicted octanol–water partition coefficient (Wildman–Crippen LogP) is 22.8. The first-order valence-corrected chi connectivity index (χ1v) is 46.3. The minimum atomic E-state index is -5.28. The van der Waals surface area contributed by atoms with Crippen molar-refractivity contribution in [3.05, 3.63) is 350 Å². The molecule has 3 amide bonds. The number of hydrogen-bond acceptors (Lipinski definition) is 15. The number of alkyl halides is 9. The molecule has 9 aromatic carbocycles. The Morgan fingerprint density at radius 2 is 0.771 bits per heavy atom. The van der Waals surface area contributed by atoms with E-state index in [1.807, 2.05) is 0 Å². The molecule has 12 aromatic rings. The van der Waals surface area contributed by atoms with E-state index in [0.29, 0.717) is 84.5 Å². The zero-order chi connectivity index (χ0) is 145. The lowest BCUT2D eigenvalue weighted by Crippen LogP contribution is -2.42. The molecule has 762 valence electrons. The summed E-state index contributed by atoms with van der Waals surface area (Å²) in [5.41, 5.74) is -13.1. The van der Waals surface area contributed by atoms with Gasteiger partial charge in [-0.1, -0.05) is 229 Å². The van der Waals surface area contributed by atoms with E-state index in [9.17, 15) is 90.4 Å². The maximum Gasteiger partial charge on any atom is 0.416 e. The van der Waals surface area contributed by atoms with Crippen LogP contribution in [0, 0.1) is 30.3 Å². The molecule has 0 aliphatic heterocycles. The summed E-state index contributed by atoms with van der Waals surface area (Å²) >= 11 is 1.84. The van der Waals surface area contributed by atoms with Gasteiger partial charge in [0.2, 0.25) is 17.7 Å². The molecule has 3 heterocycles. The highest BCUT2D eigenvalue weighted by atomic mass is 32.2. The zero-order valence-corrected chi connectivity index (χ0v) is 80.1. The van der Waals surface area contributed by atoms with Crippen LogP contribution in [0.1, 0.15) is 228 Å². The molecule has 3 aliphatic carbocycles. The Labute approximate surface area is 910 Å². The van der Waals surface area contributed by atoms with E-state index in [2.05, 4.69) is 15.0 Å². The second-order valence-corrected chi connectivity index (χ2v) is 33.7. The summed E-state index contributed by atoms with van der Waals surface area (Å²) < 4.78 is 581. The van der Waals surface area contributed by atoms with Gasteiger partial charge < -0.3 is 43.1 Å². The third-order valence-electron chi connectivity index (χ3n) is 21.4. The Bertz CT molecular complexity index is 9000. The van der Waals surface area contributed by atoms with Crippen LogP contribution in [-0.4, -0.2) is 154 Å². The van der Waals surface area contributed by atoms with E-state index in [1.165, 1.54) is 84.9 Å². The van der Waals surface area contributed by atoms with Crippen molar-refractivity contribution in [3.63, 3.8) is 0 Å². The quantitative estimate of drug-likeness (QED) is 0.0202. The summed E-state index contributed by atoms with van der Waals surface area (Å²) in [4.78, 5) is 95.2. The Balaban J connectivity index is 0.000000232. The number of rotatable bonds is 39. The fourth-order valence-corrected chi connectivity index (χ4v) is 16.8. The van der Waals surface area contributed by atoms with Crippen LogP contribution in [0.2, 0.25) is 0 Å². The van der Waals surface area contributed by atoms with Gasteiger partial charge in [0.1, 0.15) is 36.9 Å². The van der Waals surface area contributed by atoms with Gasteiger partial charge in [-0.25, -0.2) is 13.2 Å². The van der Waals surface area contributed by atoms with Crippen molar-refractivity contribution in [1.82, 2.24) is 58.1 Å². The number of benzene rings is 9. The molecule has 2 atom stereocenters. The fraction of sp³-hybridized carbons (Fsp3) is 0.378. The van der Waals surface area contributed by atoms with Gasteiger partial charge in [0.25, 0.3) is 16.7 Å².